The van der Waals surface area contributed by atoms with Gasteiger partial charge in [-0.25, -0.2) is 0 Å². The van der Waals surface area contributed by atoms with Crippen LogP contribution in [0.4, 0.5) is 5.69 Å². The maximum Gasteiger partial charge on any atom is 0.242 e. The van der Waals surface area contributed by atoms with E-state index in [1.165, 1.54) is 0 Å². The van der Waals surface area contributed by atoms with Gasteiger partial charge in [-0.15, -0.1) is 0 Å². The van der Waals surface area contributed by atoms with Crippen molar-refractivity contribution in [2.24, 2.45) is 0 Å². The topological polar surface area (TPSA) is 45.7 Å². The molecule has 0 saturated carbocycles. The molecule has 0 unspecified atom stereocenters. The lowest BCUT2D eigenvalue weighted by Crippen LogP contribution is -2.50. The summed E-state index contributed by atoms with van der Waals surface area (Å²) in [6.45, 7) is 4.59. The van der Waals surface area contributed by atoms with Gasteiger partial charge in [-0.2, -0.15) is 0 Å². The highest BCUT2D eigenvalue weighted by Crippen LogP contribution is 2.19. The van der Waals surface area contributed by atoms with Crippen LogP contribution >= 0.6 is 0 Å². The molecular formula is C18H21N3O2. The fraction of sp³-hybridized carbons (Fsp3) is 0.333. The average molecular weight is 311 g/mol. The summed E-state index contributed by atoms with van der Waals surface area (Å²) in [6, 6.07) is 11.8. The summed E-state index contributed by atoms with van der Waals surface area (Å²) in [5, 5.41) is 0. The van der Waals surface area contributed by atoms with Gasteiger partial charge < -0.3 is 14.5 Å². The van der Waals surface area contributed by atoms with Gasteiger partial charge in [-0.05, 0) is 36.8 Å². The van der Waals surface area contributed by atoms with E-state index in [4.69, 9.17) is 4.74 Å². The first kappa shape index (κ1) is 15.3. The highest BCUT2D eigenvalue weighted by Gasteiger charge is 2.24. The molecule has 0 atom stereocenters. The molecule has 0 N–H and O–H groups in total. The number of ether oxygens (including phenoxy) is 1. The van der Waals surface area contributed by atoms with Crippen LogP contribution in [0.1, 0.15) is 11.3 Å². The van der Waals surface area contributed by atoms with Crippen molar-refractivity contribution in [3.8, 4) is 5.75 Å². The smallest absolute Gasteiger partial charge is 0.242 e. The van der Waals surface area contributed by atoms with Crippen molar-refractivity contribution < 1.29 is 9.53 Å². The highest BCUT2D eigenvalue weighted by molar-refractivity contribution is 5.82. The summed E-state index contributed by atoms with van der Waals surface area (Å²) >= 11 is 0. The van der Waals surface area contributed by atoms with E-state index in [1.807, 2.05) is 48.2 Å². The minimum absolute atomic E-state index is 0.154. The van der Waals surface area contributed by atoms with Gasteiger partial charge in [0.2, 0.25) is 5.91 Å². The van der Waals surface area contributed by atoms with Gasteiger partial charge in [-0.1, -0.05) is 12.1 Å². The second-order valence-electron chi connectivity index (χ2n) is 5.74. The minimum atomic E-state index is 0.154. The number of anilines is 1. The molecule has 1 saturated heterocycles. The fourth-order valence-electron chi connectivity index (χ4n) is 2.77. The second-order valence-corrected chi connectivity index (χ2v) is 5.74. The van der Waals surface area contributed by atoms with Gasteiger partial charge in [0.05, 0.1) is 13.7 Å². The maximum atomic E-state index is 12.4. The Morgan fingerprint density at radius 2 is 1.96 bits per heavy atom. The largest absolute Gasteiger partial charge is 0.497 e. The quantitative estimate of drug-likeness (QED) is 0.869. The van der Waals surface area contributed by atoms with Crippen LogP contribution in [0.5, 0.6) is 5.75 Å². The van der Waals surface area contributed by atoms with Crippen molar-refractivity contribution in [1.82, 2.24) is 9.88 Å². The molecule has 0 bridgehead atoms. The van der Waals surface area contributed by atoms with Crippen molar-refractivity contribution >= 4 is 11.6 Å². The van der Waals surface area contributed by atoms with Gasteiger partial charge in [-0.3, -0.25) is 9.78 Å². The Kier molecular flexibility index (Phi) is 4.46. The maximum absolute atomic E-state index is 12.4. The van der Waals surface area contributed by atoms with Crippen LogP contribution in [0, 0.1) is 6.92 Å². The molecule has 1 fully saturated rings. The molecule has 2 aromatic rings. The third kappa shape index (κ3) is 3.62. The van der Waals surface area contributed by atoms with Crippen LogP contribution in [0.25, 0.3) is 0 Å². The standard InChI is InChI=1S/C18H21N3O2/c1-14-11-16(7-8-19-14)20-9-10-21(18(22)13-20)12-15-3-5-17(23-2)6-4-15/h3-8,11H,9-10,12-13H2,1-2H3. The van der Waals surface area contributed by atoms with E-state index in [0.717, 1.165) is 35.8 Å². The zero-order valence-electron chi connectivity index (χ0n) is 13.5. The van der Waals surface area contributed by atoms with E-state index in [-0.39, 0.29) is 5.91 Å². The van der Waals surface area contributed by atoms with Gasteiger partial charge >= 0.3 is 0 Å². The number of carbonyl (C=O) groups excluding carboxylic acids is 1. The van der Waals surface area contributed by atoms with Crippen LogP contribution in [-0.4, -0.2) is 42.5 Å². The Balaban J connectivity index is 1.63. The molecular weight excluding hydrogens is 290 g/mol. The third-order valence-electron chi connectivity index (χ3n) is 4.10. The van der Waals surface area contributed by atoms with Gasteiger partial charge in [0.25, 0.3) is 0 Å². The number of benzene rings is 1. The van der Waals surface area contributed by atoms with E-state index < -0.39 is 0 Å². The molecule has 23 heavy (non-hydrogen) atoms. The number of nitrogens with zero attached hydrogens (tertiary/aromatic N) is 3. The Labute approximate surface area is 136 Å². The first-order valence-corrected chi connectivity index (χ1v) is 7.74. The number of carbonyl (C=O) groups is 1. The lowest BCUT2D eigenvalue weighted by molar-refractivity contribution is -0.131. The van der Waals surface area contributed by atoms with E-state index in [0.29, 0.717) is 13.1 Å². The molecule has 5 nitrogen and oxygen atoms in total. The van der Waals surface area contributed by atoms with Crippen LogP contribution < -0.4 is 9.64 Å². The summed E-state index contributed by atoms with van der Waals surface area (Å²) in [4.78, 5) is 20.7. The third-order valence-corrected chi connectivity index (χ3v) is 4.10. The average Bonchev–Trinajstić information content (AvgIpc) is 2.57. The van der Waals surface area contributed by atoms with Crippen molar-refractivity contribution in [2.75, 3.05) is 31.6 Å². The lowest BCUT2D eigenvalue weighted by atomic mass is 10.1. The zero-order valence-corrected chi connectivity index (χ0v) is 13.5. The van der Waals surface area contributed by atoms with Gasteiger partial charge in [0.1, 0.15) is 5.75 Å². The molecule has 1 aromatic carbocycles. The van der Waals surface area contributed by atoms with Crippen molar-refractivity contribution in [2.45, 2.75) is 13.5 Å². The number of hydrogen-bond donors (Lipinski definition) is 0. The van der Waals surface area contributed by atoms with Crippen molar-refractivity contribution in [1.29, 1.82) is 0 Å². The van der Waals surface area contributed by atoms with E-state index in [1.54, 1.807) is 13.3 Å². The molecule has 0 aliphatic carbocycles. The number of piperazine rings is 1. The SMILES string of the molecule is COc1ccc(CN2CCN(c3ccnc(C)c3)CC2=O)cc1. The minimum Gasteiger partial charge on any atom is -0.497 e. The van der Waals surface area contributed by atoms with Crippen molar-refractivity contribution in [3.05, 3.63) is 53.9 Å². The van der Waals surface area contributed by atoms with Gasteiger partial charge in [0.15, 0.2) is 0 Å². The molecule has 2 heterocycles. The fourth-order valence-corrected chi connectivity index (χ4v) is 2.77. The number of amides is 1. The first-order valence-electron chi connectivity index (χ1n) is 7.74. The zero-order chi connectivity index (χ0) is 16.2. The summed E-state index contributed by atoms with van der Waals surface area (Å²) in [5.74, 6) is 0.986. The normalized spacial score (nSPS) is 15.0. The number of hydrogen-bond acceptors (Lipinski definition) is 4. The number of aryl methyl sites for hydroxylation is 1. The van der Waals surface area contributed by atoms with Crippen LogP contribution in [0.15, 0.2) is 42.6 Å². The summed E-state index contributed by atoms with van der Waals surface area (Å²) < 4.78 is 5.16. The summed E-state index contributed by atoms with van der Waals surface area (Å²) in [7, 11) is 1.65. The summed E-state index contributed by atoms with van der Waals surface area (Å²) in [5.41, 5.74) is 3.15. The van der Waals surface area contributed by atoms with E-state index >= 15 is 0 Å². The predicted octanol–water partition coefficient (Wildman–Crippen LogP) is 2.25. The Bertz CT molecular complexity index is 685. The number of methoxy groups -OCH3 is 1. The molecule has 1 amide bonds. The number of aromatic nitrogens is 1. The molecule has 120 valence electrons. The first-order chi connectivity index (χ1) is 11.2. The molecule has 1 aliphatic heterocycles. The summed E-state index contributed by atoms with van der Waals surface area (Å²) in [6.07, 6.45) is 1.79. The van der Waals surface area contributed by atoms with Gasteiger partial charge in [0, 0.05) is 37.2 Å². The van der Waals surface area contributed by atoms with E-state index in [9.17, 15) is 4.79 Å². The van der Waals surface area contributed by atoms with Crippen LogP contribution in [-0.2, 0) is 11.3 Å². The lowest BCUT2D eigenvalue weighted by Gasteiger charge is -2.35. The molecule has 0 radical (unpaired) electrons. The number of rotatable bonds is 4. The second kappa shape index (κ2) is 6.69. The Morgan fingerprint density at radius 1 is 1.17 bits per heavy atom. The van der Waals surface area contributed by atoms with Crippen molar-refractivity contribution in [3.63, 3.8) is 0 Å². The van der Waals surface area contributed by atoms with Crippen LogP contribution in [0.2, 0.25) is 0 Å². The molecule has 0 spiro atoms. The highest BCUT2D eigenvalue weighted by atomic mass is 16.5. The van der Waals surface area contributed by atoms with E-state index in [2.05, 4.69) is 9.88 Å². The molecule has 1 aliphatic rings. The monoisotopic (exact) mass is 311 g/mol. The molecule has 3 rings (SSSR count). The Morgan fingerprint density at radius 3 is 2.61 bits per heavy atom. The predicted molar refractivity (Wildman–Crippen MR) is 89.6 cm³/mol. The molecule has 1 aromatic heterocycles. The Hall–Kier alpha value is -2.56. The van der Waals surface area contributed by atoms with Crippen LogP contribution in [0.3, 0.4) is 0 Å². The number of pyridine rings is 1. The molecule has 5 heteroatoms.